The van der Waals surface area contributed by atoms with Gasteiger partial charge < -0.3 is 0 Å². The van der Waals surface area contributed by atoms with Gasteiger partial charge in [-0.05, 0) is 31.9 Å². The number of halogens is 3. The number of nitrogens with zero attached hydrogens (tertiary/aromatic N) is 3. The Balaban J connectivity index is 1.74. The maximum absolute atomic E-state index is 12.6. The molecule has 2 aromatic heterocycles. The first kappa shape index (κ1) is 16.9. The zero-order valence-corrected chi connectivity index (χ0v) is 13.1. The van der Waals surface area contributed by atoms with Crippen LogP contribution in [0.2, 0.25) is 0 Å². The van der Waals surface area contributed by atoms with Gasteiger partial charge in [-0.2, -0.15) is 18.3 Å². The lowest BCUT2D eigenvalue weighted by Gasteiger charge is -2.09. The molecular weight excluding hydrogens is 339 g/mol. The standard InChI is InChI=1S/C15H14F3N5O2/c1-8-11(14(25)22-21-13(24)9-2-3-9)7-20-23(8)12-5-4-10(6-19-12)15(16,17)18/h4-7,9H,2-3H2,1H3,(H,21,24)(H,22,25). The number of nitrogens with one attached hydrogen (secondary N) is 2. The Morgan fingerprint density at radius 1 is 1.20 bits per heavy atom. The highest BCUT2D eigenvalue weighted by Crippen LogP contribution is 2.29. The van der Waals surface area contributed by atoms with Crippen LogP contribution < -0.4 is 10.9 Å². The summed E-state index contributed by atoms with van der Waals surface area (Å²) in [4.78, 5) is 27.3. The van der Waals surface area contributed by atoms with Crippen LogP contribution in [-0.2, 0) is 11.0 Å². The van der Waals surface area contributed by atoms with Gasteiger partial charge in [-0.15, -0.1) is 0 Å². The van der Waals surface area contributed by atoms with Gasteiger partial charge in [-0.3, -0.25) is 20.4 Å². The molecule has 2 aromatic rings. The van der Waals surface area contributed by atoms with E-state index in [0.29, 0.717) is 11.9 Å². The first-order valence-corrected chi connectivity index (χ1v) is 7.46. The van der Waals surface area contributed by atoms with Gasteiger partial charge in [-0.1, -0.05) is 0 Å². The summed E-state index contributed by atoms with van der Waals surface area (Å²) in [6.07, 6.45) is -0.911. The lowest BCUT2D eigenvalue weighted by molar-refractivity contribution is -0.137. The van der Waals surface area contributed by atoms with Crippen molar-refractivity contribution in [3.8, 4) is 5.82 Å². The number of rotatable bonds is 3. The monoisotopic (exact) mass is 353 g/mol. The summed E-state index contributed by atoms with van der Waals surface area (Å²) in [5.41, 5.74) is 4.31. The number of amides is 2. The second-order valence-electron chi connectivity index (χ2n) is 5.68. The normalized spacial score (nSPS) is 14.2. The zero-order valence-electron chi connectivity index (χ0n) is 13.1. The van der Waals surface area contributed by atoms with E-state index >= 15 is 0 Å². The molecule has 2 N–H and O–H groups in total. The topological polar surface area (TPSA) is 88.9 Å². The predicted molar refractivity (Wildman–Crippen MR) is 79.4 cm³/mol. The van der Waals surface area contributed by atoms with Gasteiger partial charge in [0.2, 0.25) is 5.91 Å². The van der Waals surface area contributed by atoms with E-state index in [9.17, 15) is 22.8 Å². The summed E-state index contributed by atoms with van der Waals surface area (Å²) in [5, 5.41) is 3.97. The summed E-state index contributed by atoms with van der Waals surface area (Å²) >= 11 is 0. The van der Waals surface area contributed by atoms with Crippen LogP contribution in [0, 0.1) is 12.8 Å². The van der Waals surface area contributed by atoms with Crippen molar-refractivity contribution in [3.05, 3.63) is 41.3 Å². The van der Waals surface area contributed by atoms with E-state index < -0.39 is 17.6 Å². The van der Waals surface area contributed by atoms with E-state index in [4.69, 9.17) is 0 Å². The number of carbonyl (C=O) groups is 2. The highest BCUT2D eigenvalue weighted by Gasteiger charge is 2.31. The van der Waals surface area contributed by atoms with Crippen LogP contribution in [-0.4, -0.2) is 26.6 Å². The third-order valence-electron chi connectivity index (χ3n) is 3.79. The Bertz CT molecular complexity index is 810. The Labute approximate surface area is 140 Å². The van der Waals surface area contributed by atoms with Crippen molar-refractivity contribution in [2.75, 3.05) is 0 Å². The molecule has 1 aliphatic rings. The van der Waals surface area contributed by atoms with Crippen molar-refractivity contribution in [1.29, 1.82) is 0 Å². The summed E-state index contributed by atoms with van der Waals surface area (Å²) in [6, 6.07) is 2.05. The minimum absolute atomic E-state index is 0.0551. The molecule has 10 heteroatoms. The van der Waals surface area contributed by atoms with Gasteiger partial charge in [0.05, 0.1) is 23.0 Å². The smallest absolute Gasteiger partial charge is 0.273 e. The van der Waals surface area contributed by atoms with Crippen LogP contribution in [0.4, 0.5) is 13.2 Å². The average Bonchev–Trinajstić information content (AvgIpc) is 3.34. The van der Waals surface area contributed by atoms with Gasteiger partial charge in [0.25, 0.3) is 5.91 Å². The van der Waals surface area contributed by atoms with E-state index in [0.717, 1.165) is 18.9 Å². The highest BCUT2D eigenvalue weighted by molar-refractivity contribution is 5.96. The van der Waals surface area contributed by atoms with Crippen molar-refractivity contribution >= 4 is 11.8 Å². The Morgan fingerprint density at radius 2 is 1.92 bits per heavy atom. The first-order valence-electron chi connectivity index (χ1n) is 7.46. The molecule has 1 aliphatic carbocycles. The van der Waals surface area contributed by atoms with Crippen LogP contribution in [0.15, 0.2) is 24.5 Å². The molecule has 3 rings (SSSR count). The molecule has 2 heterocycles. The van der Waals surface area contributed by atoms with E-state index in [1.54, 1.807) is 6.92 Å². The molecule has 1 fully saturated rings. The molecule has 0 bridgehead atoms. The molecule has 0 spiro atoms. The average molecular weight is 353 g/mol. The van der Waals surface area contributed by atoms with Gasteiger partial charge in [-0.25, -0.2) is 9.67 Å². The van der Waals surface area contributed by atoms with Gasteiger partial charge in [0.15, 0.2) is 5.82 Å². The molecule has 0 aromatic carbocycles. The fourth-order valence-electron chi connectivity index (χ4n) is 2.18. The number of hydrogen-bond acceptors (Lipinski definition) is 4. The van der Waals surface area contributed by atoms with E-state index in [2.05, 4.69) is 20.9 Å². The molecule has 1 saturated carbocycles. The maximum atomic E-state index is 12.6. The first-order chi connectivity index (χ1) is 11.8. The molecule has 0 unspecified atom stereocenters. The Hall–Kier alpha value is -2.91. The lowest BCUT2D eigenvalue weighted by atomic mass is 10.2. The highest BCUT2D eigenvalue weighted by atomic mass is 19.4. The van der Waals surface area contributed by atoms with E-state index in [1.165, 1.54) is 16.9 Å². The van der Waals surface area contributed by atoms with Crippen LogP contribution in [0.25, 0.3) is 5.82 Å². The zero-order chi connectivity index (χ0) is 18.2. The lowest BCUT2D eigenvalue weighted by Crippen LogP contribution is -2.42. The number of hydrazine groups is 1. The second-order valence-corrected chi connectivity index (χ2v) is 5.68. The number of carbonyl (C=O) groups excluding carboxylic acids is 2. The molecule has 2 amide bonds. The minimum atomic E-state index is -4.48. The second kappa shape index (κ2) is 6.19. The Morgan fingerprint density at radius 3 is 2.48 bits per heavy atom. The number of hydrogen-bond donors (Lipinski definition) is 2. The van der Waals surface area contributed by atoms with Crippen molar-refractivity contribution < 1.29 is 22.8 Å². The third-order valence-corrected chi connectivity index (χ3v) is 3.79. The van der Waals surface area contributed by atoms with E-state index in [-0.39, 0.29) is 23.2 Å². The van der Waals surface area contributed by atoms with Crippen LogP contribution in [0.3, 0.4) is 0 Å². The Kier molecular flexibility index (Phi) is 4.19. The number of aromatic nitrogens is 3. The molecule has 0 radical (unpaired) electrons. The number of alkyl halides is 3. The van der Waals surface area contributed by atoms with E-state index in [1.807, 2.05) is 0 Å². The van der Waals surface area contributed by atoms with Crippen LogP contribution in [0.1, 0.15) is 34.5 Å². The third kappa shape index (κ3) is 3.62. The molecule has 0 saturated heterocycles. The molecule has 0 aliphatic heterocycles. The summed E-state index contributed by atoms with van der Waals surface area (Å²) < 4.78 is 39.0. The maximum Gasteiger partial charge on any atom is 0.417 e. The fraction of sp³-hybridized carbons (Fsp3) is 0.333. The molecular formula is C15H14F3N5O2. The summed E-state index contributed by atoms with van der Waals surface area (Å²) in [6.45, 7) is 1.57. The van der Waals surface area contributed by atoms with Gasteiger partial charge in [0, 0.05) is 12.1 Å². The van der Waals surface area contributed by atoms with Crippen LogP contribution >= 0.6 is 0 Å². The predicted octanol–water partition coefficient (Wildman–Crippen LogP) is 1.77. The largest absolute Gasteiger partial charge is 0.417 e. The van der Waals surface area contributed by atoms with Crippen molar-refractivity contribution in [2.45, 2.75) is 25.9 Å². The minimum Gasteiger partial charge on any atom is -0.273 e. The SMILES string of the molecule is Cc1c(C(=O)NNC(=O)C2CC2)cnn1-c1ccc(C(F)(F)F)cn1. The summed E-state index contributed by atoms with van der Waals surface area (Å²) in [5.74, 6) is -0.723. The van der Waals surface area contributed by atoms with Gasteiger partial charge >= 0.3 is 6.18 Å². The van der Waals surface area contributed by atoms with Crippen molar-refractivity contribution in [1.82, 2.24) is 25.6 Å². The molecule has 25 heavy (non-hydrogen) atoms. The summed E-state index contributed by atoms with van der Waals surface area (Å²) in [7, 11) is 0. The number of pyridine rings is 1. The quantitative estimate of drug-likeness (QED) is 0.823. The molecule has 132 valence electrons. The van der Waals surface area contributed by atoms with Crippen molar-refractivity contribution in [3.63, 3.8) is 0 Å². The molecule has 0 atom stereocenters. The molecule has 7 nitrogen and oxygen atoms in total. The van der Waals surface area contributed by atoms with Gasteiger partial charge in [0.1, 0.15) is 0 Å². The fourth-order valence-corrected chi connectivity index (χ4v) is 2.18. The van der Waals surface area contributed by atoms with Crippen LogP contribution in [0.5, 0.6) is 0 Å². The van der Waals surface area contributed by atoms with Crippen molar-refractivity contribution in [2.24, 2.45) is 5.92 Å².